The van der Waals surface area contributed by atoms with Crippen LogP contribution in [0.5, 0.6) is 0 Å². The van der Waals surface area contributed by atoms with Crippen molar-refractivity contribution in [3.8, 4) is 0 Å². The second-order valence-electron chi connectivity index (χ2n) is 7.96. The van der Waals surface area contributed by atoms with E-state index in [2.05, 4.69) is 19.2 Å². The highest BCUT2D eigenvalue weighted by Crippen LogP contribution is 2.29. The predicted octanol–water partition coefficient (Wildman–Crippen LogP) is 3.66. The first-order chi connectivity index (χ1) is 13.0. The van der Waals surface area contributed by atoms with E-state index in [9.17, 15) is 4.79 Å². The lowest BCUT2D eigenvalue weighted by atomic mass is 9.90. The summed E-state index contributed by atoms with van der Waals surface area (Å²) in [6.45, 7) is 4.76. The summed E-state index contributed by atoms with van der Waals surface area (Å²) in [5, 5.41) is 12.2. The van der Waals surface area contributed by atoms with E-state index in [0.29, 0.717) is 18.3 Å². The average molecular weight is 373 g/mol. The van der Waals surface area contributed by atoms with Crippen LogP contribution in [0.15, 0.2) is 36.1 Å². The first-order valence-electron chi connectivity index (χ1n) is 10.0. The molecule has 27 heavy (non-hydrogen) atoms. The van der Waals surface area contributed by atoms with E-state index in [1.165, 1.54) is 12.8 Å². The van der Waals surface area contributed by atoms with Crippen LogP contribution in [0.25, 0.3) is 0 Å². The zero-order valence-corrected chi connectivity index (χ0v) is 16.3. The van der Waals surface area contributed by atoms with Crippen LogP contribution in [-0.4, -0.2) is 23.3 Å². The summed E-state index contributed by atoms with van der Waals surface area (Å²) >= 11 is 0. The van der Waals surface area contributed by atoms with Crippen LogP contribution in [0, 0.1) is 11.8 Å². The summed E-state index contributed by atoms with van der Waals surface area (Å²) < 4.78 is 11.9. The number of rotatable bonds is 7. The molecule has 3 rings (SSSR count). The molecule has 1 aliphatic heterocycles. The van der Waals surface area contributed by atoms with Crippen molar-refractivity contribution < 1.29 is 19.4 Å². The minimum absolute atomic E-state index is 0.0349. The molecule has 1 aliphatic carbocycles. The highest BCUT2D eigenvalue weighted by atomic mass is 16.7. The summed E-state index contributed by atoms with van der Waals surface area (Å²) in [5.74, 6) is 0.948. The summed E-state index contributed by atoms with van der Waals surface area (Å²) in [7, 11) is 0. The van der Waals surface area contributed by atoms with Gasteiger partial charge >= 0.3 is 0 Å². The molecule has 2 N–H and O–H groups in total. The van der Waals surface area contributed by atoms with Crippen molar-refractivity contribution in [3.63, 3.8) is 0 Å². The molecule has 2 aliphatic rings. The van der Waals surface area contributed by atoms with Crippen LogP contribution in [0.1, 0.15) is 57.1 Å². The quantitative estimate of drug-likeness (QED) is 0.765. The van der Waals surface area contributed by atoms with E-state index in [1.54, 1.807) is 0 Å². The lowest BCUT2D eigenvalue weighted by Crippen LogP contribution is -2.38. The van der Waals surface area contributed by atoms with Crippen molar-refractivity contribution >= 4 is 5.91 Å². The lowest BCUT2D eigenvalue weighted by Gasteiger charge is -2.31. The van der Waals surface area contributed by atoms with Crippen molar-refractivity contribution in [3.05, 3.63) is 47.2 Å². The normalized spacial score (nSPS) is 23.2. The second kappa shape index (κ2) is 9.38. The van der Waals surface area contributed by atoms with E-state index in [1.807, 2.05) is 30.3 Å². The van der Waals surface area contributed by atoms with Crippen molar-refractivity contribution in [1.29, 1.82) is 0 Å². The van der Waals surface area contributed by atoms with Gasteiger partial charge in [0, 0.05) is 12.5 Å². The minimum Gasteiger partial charge on any atom is -0.459 e. The SMILES string of the molecule is CC(C)[C@@H]1C=C(C(=O)NC2CCCC2)O[C@H](OCc2ccc(CO)cc2)C1. The fourth-order valence-electron chi connectivity index (χ4n) is 3.67. The van der Waals surface area contributed by atoms with Gasteiger partial charge in [-0.2, -0.15) is 0 Å². The maximum absolute atomic E-state index is 12.6. The van der Waals surface area contributed by atoms with Gasteiger partial charge in [-0.25, -0.2) is 0 Å². The number of hydrogen-bond donors (Lipinski definition) is 2. The summed E-state index contributed by atoms with van der Waals surface area (Å²) in [4.78, 5) is 12.6. The molecule has 0 bridgehead atoms. The smallest absolute Gasteiger partial charge is 0.286 e. The maximum atomic E-state index is 12.6. The molecule has 5 nitrogen and oxygen atoms in total. The zero-order valence-electron chi connectivity index (χ0n) is 16.3. The Morgan fingerprint density at radius 2 is 1.89 bits per heavy atom. The van der Waals surface area contributed by atoms with Crippen LogP contribution < -0.4 is 5.32 Å². The molecule has 0 aromatic heterocycles. The zero-order chi connectivity index (χ0) is 19.2. The van der Waals surface area contributed by atoms with Crippen LogP contribution in [0.4, 0.5) is 0 Å². The number of carbonyl (C=O) groups is 1. The van der Waals surface area contributed by atoms with Crippen LogP contribution >= 0.6 is 0 Å². The third kappa shape index (κ3) is 5.56. The first kappa shape index (κ1) is 19.9. The Morgan fingerprint density at radius 3 is 2.52 bits per heavy atom. The van der Waals surface area contributed by atoms with Gasteiger partial charge < -0.3 is 19.9 Å². The summed E-state index contributed by atoms with van der Waals surface area (Å²) in [6.07, 6.45) is 6.74. The number of ether oxygens (including phenoxy) is 2. The number of aliphatic hydroxyl groups excluding tert-OH is 1. The van der Waals surface area contributed by atoms with Gasteiger partial charge in [-0.3, -0.25) is 4.79 Å². The first-order valence-corrected chi connectivity index (χ1v) is 10.0. The van der Waals surface area contributed by atoms with Gasteiger partial charge in [0.15, 0.2) is 5.76 Å². The van der Waals surface area contributed by atoms with E-state index >= 15 is 0 Å². The Balaban J connectivity index is 1.60. The Labute approximate surface area is 161 Å². The fraction of sp³-hybridized carbons (Fsp3) is 0.591. The monoisotopic (exact) mass is 373 g/mol. The number of benzene rings is 1. The Morgan fingerprint density at radius 1 is 1.22 bits per heavy atom. The van der Waals surface area contributed by atoms with Crippen LogP contribution in [0.2, 0.25) is 0 Å². The number of allylic oxidation sites excluding steroid dienone is 1. The molecule has 1 saturated carbocycles. The molecule has 0 saturated heterocycles. The topological polar surface area (TPSA) is 67.8 Å². The molecule has 1 aromatic rings. The highest BCUT2D eigenvalue weighted by molar-refractivity contribution is 5.91. The third-order valence-corrected chi connectivity index (χ3v) is 5.50. The van der Waals surface area contributed by atoms with Gasteiger partial charge in [-0.1, -0.05) is 51.0 Å². The van der Waals surface area contributed by atoms with Gasteiger partial charge in [-0.05, 0) is 41.9 Å². The molecule has 1 fully saturated rings. The van der Waals surface area contributed by atoms with Gasteiger partial charge in [0.1, 0.15) is 0 Å². The molecule has 0 radical (unpaired) electrons. The van der Waals surface area contributed by atoms with Gasteiger partial charge in [-0.15, -0.1) is 0 Å². The Hall–Kier alpha value is -1.85. The maximum Gasteiger partial charge on any atom is 0.286 e. The van der Waals surface area contributed by atoms with Crippen molar-refractivity contribution in [1.82, 2.24) is 5.32 Å². The van der Waals surface area contributed by atoms with E-state index in [0.717, 1.165) is 30.4 Å². The molecule has 1 amide bonds. The van der Waals surface area contributed by atoms with E-state index in [-0.39, 0.29) is 24.5 Å². The molecular weight excluding hydrogens is 342 g/mol. The van der Waals surface area contributed by atoms with Crippen molar-refractivity contribution in [2.75, 3.05) is 0 Å². The van der Waals surface area contributed by atoms with Crippen molar-refractivity contribution in [2.24, 2.45) is 11.8 Å². The number of aliphatic hydroxyl groups is 1. The number of amides is 1. The van der Waals surface area contributed by atoms with Gasteiger partial charge in [0.2, 0.25) is 6.29 Å². The lowest BCUT2D eigenvalue weighted by molar-refractivity contribution is -0.155. The molecule has 0 unspecified atom stereocenters. The Kier molecular flexibility index (Phi) is 6.91. The van der Waals surface area contributed by atoms with Gasteiger partial charge in [0.25, 0.3) is 5.91 Å². The third-order valence-electron chi connectivity index (χ3n) is 5.50. The molecule has 5 heteroatoms. The predicted molar refractivity (Wildman–Crippen MR) is 103 cm³/mol. The number of nitrogens with one attached hydrogen (secondary N) is 1. The summed E-state index contributed by atoms with van der Waals surface area (Å²) in [5.41, 5.74) is 1.89. The minimum atomic E-state index is -0.427. The largest absolute Gasteiger partial charge is 0.459 e. The summed E-state index contributed by atoms with van der Waals surface area (Å²) in [6, 6.07) is 7.93. The molecule has 1 aromatic carbocycles. The molecular formula is C22H31NO4. The van der Waals surface area contributed by atoms with Crippen LogP contribution in [0.3, 0.4) is 0 Å². The molecule has 0 spiro atoms. The van der Waals surface area contributed by atoms with E-state index in [4.69, 9.17) is 14.6 Å². The standard InChI is InChI=1S/C22H31NO4/c1-15(2)18-11-20(22(25)23-19-5-3-4-6-19)27-21(12-18)26-14-17-9-7-16(13-24)8-10-17/h7-11,15,18-19,21,24H,3-6,12-14H2,1-2H3,(H,23,25)/t18-,21+/m1/s1. The molecule has 148 valence electrons. The second-order valence-corrected chi connectivity index (χ2v) is 7.96. The fourth-order valence-corrected chi connectivity index (χ4v) is 3.67. The van der Waals surface area contributed by atoms with Gasteiger partial charge in [0.05, 0.1) is 13.2 Å². The number of hydrogen-bond acceptors (Lipinski definition) is 4. The molecule has 1 heterocycles. The Bertz CT molecular complexity index is 647. The highest BCUT2D eigenvalue weighted by Gasteiger charge is 2.30. The average Bonchev–Trinajstić information content (AvgIpc) is 3.19. The van der Waals surface area contributed by atoms with Crippen LogP contribution in [-0.2, 0) is 27.5 Å². The number of carbonyl (C=O) groups excluding carboxylic acids is 1. The van der Waals surface area contributed by atoms with Crippen molar-refractivity contribution in [2.45, 2.75) is 71.5 Å². The molecule has 2 atom stereocenters. The van der Waals surface area contributed by atoms with E-state index < -0.39 is 6.29 Å².